The van der Waals surface area contributed by atoms with Gasteiger partial charge in [0.2, 0.25) is 0 Å². The first kappa shape index (κ1) is 11.3. The zero-order valence-corrected chi connectivity index (χ0v) is 11.1. The lowest BCUT2D eigenvalue weighted by Gasteiger charge is -2.47. The fraction of sp³-hybridized carbons (Fsp3) is 0.625. The van der Waals surface area contributed by atoms with Gasteiger partial charge in [-0.1, -0.05) is 23.8 Å². The second-order valence-corrected chi connectivity index (χ2v) is 6.24. The molecule has 92 valence electrons. The second-order valence-electron chi connectivity index (χ2n) is 6.24. The molecule has 0 radical (unpaired) electrons. The maximum absolute atomic E-state index is 3.45. The van der Waals surface area contributed by atoms with Crippen molar-refractivity contribution < 1.29 is 0 Å². The molecule has 1 spiro atoms. The minimum absolute atomic E-state index is 0.690. The maximum Gasteiger partial charge on any atom is 0.00202 e. The average Bonchev–Trinajstić information content (AvgIpc) is 2.27. The van der Waals surface area contributed by atoms with Crippen LogP contribution in [0.4, 0.5) is 0 Å². The van der Waals surface area contributed by atoms with E-state index in [0.717, 1.165) is 5.92 Å². The molecule has 1 heterocycles. The van der Waals surface area contributed by atoms with Crippen LogP contribution in [0.15, 0.2) is 18.2 Å². The minimum atomic E-state index is 0.690. The molecule has 3 rings (SSSR count). The molecule has 1 saturated heterocycles. The Morgan fingerprint density at radius 2 is 1.82 bits per heavy atom. The second kappa shape index (κ2) is 4.13. The van der Waals surface area contributed by atoms with Crippen LogP contribution in [0.5, 0.6) is 0 Å². The third kappa shape index (κ3) is 2.01. The first-order valence-electron chi connectivity index (χ1n) is 6.96. The highest BCUT2D eigenvalue weighted by atomic mass is 15.0. The van der Waals surface area contributed by atoms with E-state index < -0.39 is 0 Å². The van der Waals surface area contributed by atoms with Crippen LogP contribution >= 0.6 is 0 Å². The molecule has 1 saturated carbocycles. The van der Waals surface area contributed by atoms with Gasteiger partial charge >= 0.3 is 0 Å². The number of nitrogens with one attached hydrogen (secondary N) is 1. The number of rotatable bonds is 1. The maximum atomic E-state index is 3.45. The Morgan fingerprint density at radius 1 is 1.12 bits per heavy atom. The Balaban J connectivity index is 1.73. The number of hydrogen-bond acceptors (Lipinski definition) is 1. The third-order valence-corrected chi connectivity index (χ3v) is 4.91. The van der Waals surface area contributed by atoms with Crippen LogP contribution in [-0.4, -0.2) is 13.1 Å². The van der Waals surface area contributed by atoms with Crippen LogP contribution in [0.1, 0.15) is 48.3 Å². The summed E-state index contributed by atoms with van der Waals surface area (Å²) in [6.07, 6.45) is 5.65. The fourth-order valence-electron chi connectivity index (χ4n) is 3.66. The average molecular weight is 229 g/mol. The summed E-state index contributed by atoms with van der Waals surface area (Å²) in [6, 6.07) is 6.98. The zero-order chi connectivity index (χ0) is 11.9. The van der Waals surface area contributed by atoms with Crippen molar-refractivity contribution in [2.45, 2.75) is 45.4 Å². The van der Waals surface area contributed by atoms with Gasteiger partial charge in [0, 0.05) is 13.1 Å². The molecule has 1 aliphatic carbocycles. The molecule has 1 aromatic carbocycles. The quantitative estimate of drug-likeness (QED) is 0.776. The highest BCUT2D eigenvalue weighted by Crippen LogP contribution is 2.45. The van der Waals surface area contributed by atoms with Crippen LogP contribution in [0, 0.1) is 19.3 Å². The molecule has 0 atom stereocenters. The molecule has 0 amide bonds. The van der Waals surface area contributed by atoms with Crippen LogP contribution in [0.3, 0.4) is 0 Å². The topological polar surface area (TPSA) is 12.0 Å². The smallest absolute Gasteiger partial charge is 0.00202 e. The molecule has 1 nitrogen and oxygen atoms in total. The number of benzene rings is 1. The van der Waals surface area contributed by atoms with Gasteiger partial charge in [-0.25, -0.2) is 0 Å². The van der Waals surface area contributed by atoms with Gasteiger partial charge in [-0.3, -0.25) is 0 Å². The summed E-state index contributed by atoms with van der Waals surface area (Å²) in [7, 11) is 0. The van der Waals surface area contributed by atoms with Gasteiger partial charge in [0.1, 0.15) is 0 Å². The van der Waals surface area contributed by atoms with Gasteiger partial charge in [-0.15, -0.1) is 0 Å². The van der Waals surface area contributed by atoms with E-state index in [1.165, 1.54) is 49.9 Å². The standard InChI is InChI=1S/C16H23N/c1-12-3-4-15(13(2)9-12)14-5-7-16(8-6-14)10-17-11-16/h3-4,9,14,17H,5-8,10-11H2,1-2H3. The lowest BCUT2D eigenvalue weighted by Crippen LogP contribution is -2.54. The van der Waals surface area contributed by atoms with Gasteiger partial charge in [0.25, 0.3) is 0 Å². The highest BCUT2D eigenvalue weighted by molar-refractivity contribution is 5.33. The fourth-order valence-corrected chi connectivity index (χ4v) is 3.66. The van der Waals surface area contributed by atoms with E-state index in [1.54, 1.807) is 5.56 Å². The zero-order valence-electron chi connectivity index (χ0n) is 11.1. The van der Waals surface area contributed by atoms with Crippen molar-refractivity contribution in [1.82, 2.24) is 5.32 Å². The Bertz CT molecular complexity index is 408. The van der Waals surface area contributed by atoms with E-state index in [4.69, 9.17) is 0 Å². The van der Waals surface area contributed by atoms with Gasteiger partial charge in [-0.05, 0) is 62.0 Å². The molecular formula is C16H23N. The monoisotopic (exact) mass is 229 g/mol. The third-order valence-electron chi connectivity index (χ3n) is 4.91. The SMILES string of the molecule is Cc1ccc(C2CCC3(CC2)CNC3)c(C)c1. The predicted molar refractivity (Wildman–Crippen MR) is 72.4 cm³/mol. The van der Waals surface area contributed by atoms with Gasteiger partial charge in [0.15, 0.2) is 0 Å². The van der Waals surface area contributed by atoms with Crippen molar-refractivity contribution in [3.05, 3.63) is 34.9 Å². The molecule has 0 aromatic heterocycles. The highest BCUT2D eigenvalue weighted by Gasteiger charge is 2.40. The molecule has 2 aliphatic rings. The Hall–Kier alpha value is -0.820. The summed E-state index contributed by atoms with van der Waals surface area (Å²) >= 11 is 0. The van der Waals surface area contributed by atoms with E-state index in [9.17, 15) is 0 Å². The molecule has 0 unspecified atom stereocenters. The summed E-state index contributed by atoms with van der Waals surface area (Å²) < 4.78 is 0. The van der Waals surface area contributed by atoms with E-state index in [0.29, 0.717) is 5.41 Å². The minimum Gasteiger partial charge on any atom is -0.316 e. The first-order valence-corrected chi connectivity index (χ1v) is 6.96. The Labute approximate surface area is 105 Å². The molecule has 2 fully saturated rings. The van der Waals surface area contributed by atoms with Crippen molar-refractivity contribution in [1.29, 1.82) is 0 Å². The Morgan fingerprint density at radius 3 is 2.35 bits per heavy atom. The molecule has 1 aromatic rings. The van der Waals surface area contributed by atoms with Crippen LogP contribution in [0.25, 0.3) is 0 Å². The molecule has 1 heteroatoms. The lowest BCUT2D eigenvalue weighted by atomic mass is 9.65. The van der Waals surface area contributed by atoms with Gasteiger partial charge < -0.3 is 5.32 Å². The van der Waals surface area contributed by atoms with Crippen molar-refractivity contribution in [3.63, 3.8) is 0 Å². The Kier molecular flexibility index (Phi) is 2.74. The predicted octanol–water partition coefficient (Wildman–Crippen LogP) is 3.55. The van der Waals surface area contributed by atoms with Crippen LogP contribution in [0.2, 0.25) is 0 Å². The molecule has 1 aliphatic heterocycles. The summed E-state index contributed by atoms with van der Waals surface area (Å²) in [6.45, 7) is 7.00. The largest absolute Gasteiger partial charge is 0.316 e. The van der Waals surface area contributed by atoms with Crippen molar-refractivity contribution in [2.75, 3.05) is 13.1 Å². The summed E-state index contributed by atoms with van der Waals surface area (Å²) in [5, 5.41) is 3.45. The van der Waals surface area contributed by atoms with E-state index in [2.05, 4.69) is 37.4 Å². The summed E-state index contributed by atoms with van der Waals surface area (Å²) in [5.74, 6) is 0.821. The van der Waals surface area contributed by atoms with E-state index in [-0.39, 0.29) is 0 Å². The lowest BCUT2D eigenvalue weighted by molar-refractivity contribution is 0.0974. The summed E-state index contributed by atoms with van der Waals surface area (Å²) in [4.78, 5) is 0. The molecule has 1 N–H and O–H groups in total. The molecule has 17 heavy (non-hydrogen) atoms. The van der Waals surface area contributed by atoms with Gasteiger partial charge in [-0.2, -0.15) is 0 Å². The van der Waals surface area contributed by atoms with Crippen LogP contribution in [-0.2, 0) is 0 Å². The number of hydrogen-bond donors (Lipinski definition) is 1. The first-order chi connectivity index (χ1) is 8.19. The van der Waals surface area contributed by atoms with Crippen molar-refractivity contribution >= 4 is 0 Å². The molecular weight excluding hydrogens is 206 g/mol. The van der Waals surface area contributed by atoms with Crippen LogP contribution < -0.4 is 5.32 Å². The summed E-state index contributed by atoms with van der Waals surface area (Å²) in [5.41, 5.74) is 5.19. The van der Waals surface area contributed by atoms with Crippen molar-refractivity contribution in [2.24, 2.45) is 5.41 Å². The number of aryl methyl sites for hydroxylation is 2. The normalized spacial score (nSPS) is 23.6. The molecule has 0 bridgehead atoms. The van der Waals surface area contributed by atoms with E-state index in [1.807, 2.05) is 0 Å². The van der Waals surface area contributed by atoms with Gasteiger partial charge in [0.05, 0.1) is 0 Å². The van der Waals surface area contributed by atoms with E-state index >= 15 is 0 Å². The van der Waals surface area contributed by atoms with Crippen molar-refractivity contribution in [3.8, 4) is 0 Å².